The Bertz CT molecular complexity index is 1850. The van der Waals surface area contributed by atoms with Crippen molar-refractivity contribution < 1.29 is 9.53 Å². The van der Waals surface area contributed by atoms with E-state index in [2.05, 4.69) is 50.1 Å². The van der Waals surface area contributed by atoms with Gasteiger partial charge in [-0.3, -0.25) is 18.6 Å². The number of aromatic nitrogens is 5. The van der Waals surface area contributed by atoms with Gasteiger partial charge in [0.25, 0.3) is 5.56 Å². The number of anilines is 4. The second kappa shape index (κ2) is 11.3. The van der Waals surface area contributed by atoms with Crippen LogP contribution in [0.4, 0.5) is 23.0 Å². The van der Waals surface area contributed by atoms with Crippen LogP contribution >= 0.6 is 0 Å². The van der Waals surface area contributed by atoms with Crippen LogP contribution in [0, 0.1) is 0 Å². The van der Waals surface area contributed by atoms with Gasteiger partial charge in [0.05, 0.1) is 18.0 Å². The van der Waals surface area contributed by atoms with Crippen molar-refractivity contribution in [1.82, 2.24) is 28.8 Å². The molecule has 1 aliphatic heterocycles. The van der Waals surface area contributed by atoms with E-state index in [0.717, 1.165) is 31.9 Å². The van der Waals surface area contributed by atoms with Crippen molar-refractivity contribution in [1.29, 1.82) is 0 Å². The van der Waals surface area contributed by atoms with E-state index < -0.39 is 0 Å². The molecule has 1 aliphatic rings. The third-order valence-corrected chi connectivity index (χ3v) is 7.19. The van der Waals surface area contributed by atoms with Gasteiger partial charge in [0.2, 0.25) is 17.6 Å². The van der Waals surface area contributed by atoms with Gasteiger partial charge in [-0.15, -0.1) is 0 Å². The van der Waals surface area contributed by atoms with Crippen molar-refractivity contribution in [2.24, 2.45) is 0 Å². The Morgan fingerprint density at radius 1 is 1.10 bits per heavy atom. The molecule has 6 rings (SSSR count). The molecule has 1 amide bonds. The van der Waals surface area contributed by atoms with Gasteiger partial charge >= 0.3 is 0 Å². The van der Waals surface area contributed by atoms with Crippen LogP contribution in [0.25, 0.3) is 22.5 Å². The molecule has 42 heavy (non-hydrogen) atoms. The third-order valence-electron chi connectivity index (χ3n) is 7.19. The Labute approximate surface area is 241 Å². The van der Waals surface area contributed by atoms with Crippen molar-refractivity contribution in [3.05, 3.63) is 84.1 Å². The maximum atomic E-state index is 13.3. The Kier molecular flexibility index (Phi) is 7.28. The molecule has 12 heteroatoms. The number of hydrogen-bond donors (Lipinski definition) is 2. The molecule has 1 fully saturated rings. The van der Waals surface area contributed by atoms with Crippen molar-refractivity contribution in [2.75, 3.05) is 55.4 Å². The molecule has 0 atom stereocenters. The monoisotopic (exact) mass is 565 g/mol. The average molecular weight is 566 g/mol. The minimum absolute atomic E-state index is 0.288. The number of fused-ring (bicyclic) bond motifs is 2. The van der Waals surface area contributed by atoms with Gasteiger partial charge in [-0.05, 0) is 50.4 Å². The van der Waals surface area contributed by atoms with E-state index in [9.17, 15) is 9.59 Å². The Balaban J connectivity index is 1.42. The zero-order valence-electron chi connectivity index (χ0n) is 23.4. The molecule has 1 saturated heterocycles. The average Bonchev–Trinajstić information content (AvgIpc) is 3.49. The molecular weight excluding hydrogens is 534 g/mol. The highest BCUT2D eigenvalue weighted by molar-refractivity contribution is 5.99. The van der Waals surface area contributed by atoms with Crippen LogP contribution < -0.4 is 25.8 Å². The van der Waals surface area contributed by atoms with Crippen LogP contribution in [-0.4, -0.2) is 74.6 Å². The van der Waals surface area contributed by atoms with Crippen LogP contribution in [0.3, 0.4) is 0 Å². The molecule has 214 valence electrons. The van der Waals surface area contributed by atoms with E-state index in [4.69, 9.17) is 9.72 Å². The highest BCUT2D eigenvalue weighted by atomic mass is 16.5. The number of ether oxygens (including phenoxy) is 1. The normalized spacial score (nSPS) is 13.8. The van der Waals surface area contributed by atoms with E-state index in [-0.39, 0.29) is 17.4 Å². The number of nitrogens with one attached hydrogen (secondary N) is 2. The lowest BCUT2D eigenvalue weighted by Gasteiger charge is -2.34. The van der Waals surface area contributed by atoms with Crippen LogP contribution in [0.15, 0.2) is 78.5 Å². The summed E-state index contributed by atoms with van der Waals surface area (Å²) in [5, 5.41) is 6.37. The number of likely N-dealkylation sites (N-methyl/N-ethyl adjacent to an activating group) is 1. The molecule has 5 aromatic rings. The quantitative estimate of drug-likeness (QED) is 0.273. The highest BCUT2D eigenvalue weighted by Gasteiger charge is 2.19. The maximum absolute atomic E-state index is 13.3. The summed E-state index contributed by atoms with van der Waals surface area (Å²) in [6.07, 6.45) is 5.86. The molecule has 0 bridgehead atoms. The third kappa shape index (κ3) is 5.15. The number of nitrogens with zero attached hydrogens (tertiary/aromatic N) is 7. The van der Waals surface area contributed by atoms with Gasteiger partial charge in [0, 0.05) is 62.2 Å². The molecule has 0 unspecified atom stereocenters. The SMILES string of the molecule is C=CC(=O)Nc1cccc(-n2c3nc(Nc4ccc(N5CCN(C)CC5)cc4OCC)ncc3c(=O)n3ccnc23)c1. The van der Waals surface area contributed by atoms with E-state index in [0.29, 0.717) is 46.2 Å². The van der Waals surface area contributed by atoms with Crippen LogP contribution in [0.1, 0.15) is 6.92 Å². The predicted octanol–water partition coefficient (Wildman–Crippen LogP) is 3.45. The molecular formula is C30H31N9O3. The minimum atomic E-state index is -0.333. The smallest absolute Gasteiger partial charge is 0.270 e. The first-order valence-corrected chi connectivity index (χ1v) is 13.7. The number of hydrogen-bond acceptors (Lipinski definition) is 9. The number of carbonyl (C=O) groups is 1. The molecule has 0 radical (unpaired) electrons. The Hall–Kier alpha value is -5.23. The lowest BCUT2D eigenvalue weighted by Crippen LogP contribution is -2.44. The predicted molar refractivity (Wildman–Crippen MR) is 163 cm³/mol. The Morgan fingerprint density at radius 2 is 1.93 bits per heavy atom. The first-order chi connectivity index (χ1) is 20.4. The van der Waals surface area contributed by atoms with Crippen molar-refractivity contribution in [3.8, 4) is 11.4 Å². The number of imidazole rings is 1. The van der Waals surface area contributed by atoms with E-state index in [1.54, 1.807) is 35.2 Å². The summed E-state index contributed by atoms with van der Waals surface area (Å²) in [5.41, 5.74) is 3.07. The van der Waals surface area contributed by atoms with Crippen molar-refractivity contribution in [3.63, 3.8) is 0 Å². The van der Waals surface area contributed by atoms with Crippen molar-refractivity contribution in [2.45, 2.75) is 6.92 Å². The summed E-state index contributed by atoms with van der Waals surface area (Å²) >= 11 is 0. The minimum Gasteiger partial charge on any atom is -0.492 e. The van der Waals surface area contributed by atoms with E-state index >= 15 is 0 Å². The van der Waals surface area contributed by atoms with Gasteiger partial charge in [-0.25, -0.2) is 9.97 Å². The molecule has 4 heterocycles. The van der Waals surface area contributed by atoms with Crippen LogP contribution in [-0.2, 0) is 4.79 Å². The molecule has 2 N–H and O–H groups in total. The number of carbonyl (C=O) groups excluding carboxylic acids is 1. The largest absolute Gasteiger partial charge is 0.492 e. The topological polar surface area (TPSA) is 122 Å². The van der Waals surface area contributed by atoms with Gasteiger partial charge in [-0.1, -0.05) is 12.6 Å². The lowest BCUT2D eigenvalue weighted by atomic mass is 10.2. The van der Waals surface area contributed by atoms with Crippen LogP contribution in [0.2, 0.25) is 0 Å². The summed E-state index contributed by atoms with van der Waals surface area (Å²) in [7, 11) is 2.13. The van der Waals surface area contributed by atoms with Gasteiger partial charge in [-0.2, -0.15) is 4.98 Å². The fourth-order valence-electron chi connectivity index (χ4n) is 5.02. The molecule has 0 spiro atoms. The summed E-state index contributed by atoms with van der Waals surface area (Å²) in [6, 6.07) is 13.2. The first-order valence-electron chi connectivity index (χ1n) is 13.7. The molecule has 2 aromatic carbocycles. The van der Waals surface area contributed by atoms with E-state index in [1.807, 2.05) is 25.1 Å². The van der Waals surface area contributed by atoms with Gasteiger partial charge in [0.15, 0.2) is 5.65 Å². The summed E-state index contributed by atoms with van der Waals surface area (Å²) in [6.45, 7) is 9.85. The summed E-state index contributed by atoms with van der Waals surface area (Å²) in [4.78, 5) is 43.6. The summed E-state index contributed by atoms with van der Waals surface area (Å²) in [5.74, 6) is 1.01. The van der Waals surface area contributed by atoms with Gasteiger partial charge in [0.1, 0.15) is 11.1 Å². The zero-order chi connectivity index (χ0) is 29.2. The molecule has 3 aromatic heterocycles. The second-order valence-electron chi connectivity index (χ2n) is 9.94. The van der Waals surface area contributed by atoms with Crippen molar-refractivity contribution >= 4 is 45.7 Å². The van der Waals surface area contributed by atoms with Crippen LogP contribution in [0.5, 0.6) is 5.75 Å². The van der Waals surface area contributed by atoms with E-state index in [1.165, 1.54) is 16.7 Å². The number of rotatable bonds is 8. The zero-order valence-corrected chi connectivity index (χ0v) is 23.4. The number of benzene rings is 2. The number of piperazine rings is 1. The molecule has 0 saturated carbocycles. The standard InChI is InChI=1S/C30H31N9O3/c1-4-26(40)33-20-7-6-8-22(17-20)39-27-23(28(41)38-12-11-31-30(38)39)19-32-29(35-27)34-24-10-9-21(18-25(24)42-5-2)37-15-13-36(3)14-16-37/h4,6-12,17-19H,1,5,13-16H2,2-3H3,(H,33,40)(H,32,34,35). The highest BCUT2D eigenvalue weighted by Crippen LogP contribution is 2.32. The number of amides is 1. The second-order valence-corrected chi connectivity index (χ2v) is 9.94. The summed E-state index contributed by atoms with van der Waals surface area (Å²) < 4.78 is 9.20. The first kappa shape index (κ1) is 27.0. The fourth-order valence-corrected chi connectivity index (χ4v) is 5.02. The fraction of sp³-hybridized carbons (Fsp3) is 0.233. The van der Waals surface area contributed by atoms with Gasteiger partial charge < -0.3 is 25.2 Å². The molecule has 0 aliphatic carbocycles. The molecule has 12 nitrogen and oxygen atoms in total. The maximum Gasteiger partial charge on any atom is 0.270 e. The Morgan fingerprint density at radius 3 is 2.71 bits per heavy atom. The lowest BCUT2D eigenvalue weighted by molar-refractivity contribution is -0.111.